The normalized spacial score (nSPS) is 22.6. The third-order valence-electron chi connectivity index (χ3n) is 7.44. The Kier molecular flexibility index (Phi) is 5.94. The third-order valence-corrected chi connectivity index (χ3v) is 7.44. The smallest absolute Gasteiger partial charge is 0.141 e. The number of benzene rings is 2. The van der Waals surface area contributed by atoms with Crippen LogP contribution in [-0.2, 0) is 24.3 Å². The number of hydrogen-bond acceptors (Lipinski definition) is 3. The summed E-state index contributed by atoms with van der Waals surface area (Å²) >= 11 is 0. The quantitative estimate of drug-likeness (QED) is 0.586. The van der Waals surface area contributed by atoms with Gasteiger partial charge in [-0.05, 0) is 104 Å². The van der Waals surface area contributed by atoms with E-state index in [1.54, 1.807) is 12.1 Å². The molecule has 2 aliphatic heterocycles. The van der Waals surface area contributed by atoms with Crippen LogP contribution in [0.15, 0.2) is 36.4 Å². The van der Waals surface area contributed by atoms with Gasteiger partial charge >= 0.3 is 0 Å². The molecule has 164 valence electrons. The summed E-state index contributed by atoms with van der Waals surface area (Å²) in [5, 5.41) is 0. The molecule has 1 saturated carbocycles. The second-order valence-corrected chi connectivity index (χ2v) is 9.99. The fraction of sp³-hybridized carbons (Fsp3) is 0.519. The van der Waals surface area contributed by atoms with E-state index in [9.17, 15) is 9.18 Å². The summed E-state index contributed by atoms with van der Waals surface area (Å²) in [6, 6.07) is 11.6. The van der Waals surface area contributed by atoms with Gasteiger partial charge in [0.25, 0.3) is 0 Å². The summed E-state index contributed by atoms with van der Waals surface area (Å²) in [6.45, 7) is 7.17. The predicted molar refractivity (Wildman–Crippen MR) is 121 cm³/mol. The molecule has 0 aromatic heterocycles. The summed E-state index contributed by atoms with van der Waals surface area (Å²) in [6.07, 6.45) is 7.29. The molecule has 5 rings (SSSR count). The molecule has 0 bridgehead atoms. The van der Waals surface area contributed by atoms with Crippen LogP contribution in [0.4, 0.5) is 4.39 Å². The minimum atomic E-state index is -0.146. The lowest BCUT2D eigenvalue weighted by Gasteiger charge is -2.32. The van der Waals surface area contributed by atoms with E-state index >= 15 is 0 Å². The maximum Gasteiger partial charge on any atom is 0.141 e. The highest BCUT2D eigenvalue weighted by molar-refractivity contribution is 5.66. The lowest BCUT2D eigenvalue weighted by Crippen LogP contribution is -2.33. The number of aldehydes is 1. The van der Waals surface area contributed by atoms with Crippen molar-refractivity contribution in [1.29, 1.82) is 0 Å². The molecule has 3 nitrogen and oxygen atoms in total. The predicted octanol–water partition coefficient (Wildman–Crippen LogP) is 5.05. The van der Waals surface area contributed by atoms with Crippen molar-refractivity contribution < 1.29 is 9.18 Å². The second-order valence-electron chi connectivity index (χ2n) is 9.99. The van der Waals surface area contributed by atoms with E-state index < -0.39 is 0 Å². The number of rotatable bonds is 7. The molecule has 31 heavy (non-hydrogen) atoms. The van der Waals surface area contributed by atoms with E-state index in [1.807, 2.05) is 6.07 Å². The van der Waals surface area contributed by atoms with Gasteiger partial charge in [0.1, 0.15) is 12.1 Å². The monoisotopic (exact) mass is 420 g/mol. The van der Waals surface area contributed by atoms with Crippen molar-refractivity contribution in [2.45, 2.75) is 58.2 Å². The first-order valence-electron chi connectivity index (χ1n) is 11.9. The largest absolute Gasteiger partial charge is 0.301 e. The van der Waals surface area contributed by atoms with Gasteiger partial charge in [-0.15, -0.1) is 0 Å². The number of hydrogen-bond donors (Lipinski definition) is 0. The van der Waals surface area contributed by atoms with Gasteiger partial charge in [0, 0.05) is 19.6 Å². The number of carbonyl (C=O) groups excluding carboxylic acids is 1. The van der Waals surface area contributed by atoms with E-state index in [2.05, 4.69) is 28.9 Å². The maximum absolute atomic E-state index is 13.4. The molecular weight excluding hydrogens is 387 g/mol. The number of halogens is 1. The van der Waals surface area contributed by atoms with Crippen LogP contribution in [0.25, 0.3) is 0 Å². The van der Waals surface area contributed by atoms with E-state index in [0.29, 0.717) is 5.92 Å². The Morgan fingerprint density at radius 2 is 1.84 bits per heavy atom. The Balaban J connectivity index is 1.20. The van der Waals surface area contributed by atoms with Gasteiger partial charge < -0.3 is 4.79 Å². The van der Waals surface area contributed by atoms with Gasteiger partial charge in [0.15, 0.2) is 0 Å². The zero-order valence-electron chi connectivity index (χ0n) is 18.5. The number of carbonyl (C=O) groups is 1. The van der Waals surface area contributed by atoms with Crippen molar-refractivity contribution in [3.05, 3.63) is 70.0 Å². The highest BCUT2D eigenvalue weighted by Gasteiger charge is 2.35. The fourth-order valence-electron chi connectivity index (χ4n) is 5.66. The first-order chi connectivity index (χ1) is 15.1. The highest BCUT2D eigenvalue weighted by Crippen LogP contribution is 2.40. The Labute approximate surface area is 185 Å². The lowest BCUT2D eigenvalue weighted by atomic mass is 9.87. The molecule has 0 amide bonds. The van der Waals surface area contributed by atoms with Gasteiger partial charge in [-0.3, -0.25) is 9.80 Å². The zero-order chi connectivity index (χ0) is 21.4. The minimum absolute atomic E-state index is 0.0456. The van der Waals surface area contributed by atoms with Crippen molar-refractivity contribution in [3.63, 3.8) is 0 Å². The number of piperidine rings is 1. The second kappa shape index (κ2) is 8.84. The van der Waals surface area contributed by atoms with Crippen LogP contribution in [0.5, 0.6) is 0 Å². The van der Waals surface area contributed by atoms with Crippen LogP contribution >= 0.6 is 0 Å². The average Bonchev–Trinajstić information content (AvgIpc) is 3.48. The van der Waals surface area contributed by atoms with Crippen LogP contribution in [-0.4, -0.2) is 35.7 Å². The molecule has 3 aliphatic rings. The molecule has 1 aliphatic carbocycles. The SMILES string of the molecule is Cc1cc(CC2CCN(Cc3cccc(F)c3)CC2)cc2c1C(C=O)N(CC1CC1)C2. The van der Waals surface area contributed by atoms with E-state index in [-0.39, 0.29) is 11.9 Å². The lowest BCUT2D eigenvalue weighted by molar-refractivity contribution is -0.112. The molecule has 0 radical (unpaired) electrons. The summed E-state index contributed by atoms with van der Waals surface area (Å²) in [5.41, 5.74) is 6.41. The molecule has 0 N–H and O–H groups in total. The van der Waals surface area contributed by atoms with Crippen molar-refractivity contribution in [2.24, 2.45) is 11.8 Å². The van der Waals surface area contributed by atoms with E-state index in [0.717, 1.165) is 56.9 Å². The van der Waals surface area contributed by atoms with Crippen LogP contribution in [0.1, 0.15) is 59.5 Å². The van der Waals surface area contributed by atoms with Crippen LogP contribution in [0.3, 0.4) is 0 Å². The zero-order valence-corrected chi connectivity index (χ0v) is 18.5. The Bertz CT molecular complexity index is 946. The number of nitrogens with zero attached hydrogens (tertiary/aromatic N) is 2. The van der Waals surface area contributed by atoms with Crippen molar-refractivity contribution in [1.82, 2.24) is 9.80 Å². The summed E-state index contributed by atoms with van der Waals surface area (Å²) in [4.78, 5) is 16.7. The topological polar surface area (TPSA) is 23.6 Å². The molecule has 1 atom stereocenters. The van der Waals surface area contributed by atoms with Crippen molar-refractivity contribution >= 4 is 6.29 Å². The van der Waals surface area contributed by atoms with Crippen LogP contribution < -0.4 is 0 Å². The standard InChI is InChI=1S/C27H33FN2O/c1-19-11-23(13-24-17-30(16-21-5-6-21)26(18-31)27(19)24)12-20-7-9-29(10-8-20)15-22-3-2-4-25(28)14-22/h2-4,11,13-14,18,20-21,26H,5-10,12,15-17H2,1H3. The maximum atomic E-state index is 13.4. The molecule has 1 saturated heterocycles. The summed E-state index contributed by atoms with van der Waals surface area (Å²) in [7, 11) is 0. The van der Waals surface area contributed by atoms with Gasteiger partial charge in [-0.1, -0.05) is 24.3 Å². The van der Waals surface area contributed by atoms with E-state index in [4.69, 9.17) is 0 Å². The first kappa shape index (κ1) is 20.8. The number of aryl methyl sites for hydroxylation is 1. The molecule has 0 spiro atoms. The van der Waals surface area contributed by atoms with Gasteiger partial charge in [0.2, 0.25) is 0 Å². The number of fused-ring (bicyclic) bond motifs is 1. The van der Waals surface area contributed by atoms with Crippen LogP contribution in [0.2, 0.25) is 0 Å². The molecule has 1 unspecified atom stereocenters. The Hall–Kier alpha value is -2.04. The van der Waals surface area contributed by atoms with Gasteiger partial charge in [-0.2, -0.15) is 0 Å². The van der Waals surface area contributed by atoms with Crippen LogP contribution in [0, 0.1) is 24.6 Å². The summed E-state index contributed by atoms with van der Waals surface area (Å²) in [5.74, 6) is 1.35. The molecule has 2 aromatic carbocycles. The average molecular weight is 421 g/mol. The van der Waals surface area contributed by atoms with Crippen molar-refractivity contribution in [2.75, 3.05) is 19.6 Å². The Morgan fingerprint density at radius 3 is 2.55 bits per heavy atom. The molecule has 4 heteroatoms. The van der Waals surface area contributed by atoms with E-state index in [1.165, 1.54) is 54.0 Å². The molecular formula is C27H33FN2O. The van der Waals surface area contributed by atoms with Crippen molar-refractivity contribution in [3.8, 4) is 0 Å². The van der Waals surface area contributed by atoms with Gasteiger partial charge in [-0.25, -0.2) is 4.39 Å². The first-order valence-corrected chi connectivity index (χ1v) is 11.9. The summed E-state index contributed by atoms with van der Waals surface area (Å²) < 4.78 is 13.4. The highest BCUT2D eigenvalue weighted by atomic mass is 19.1. The van der Waals surface area contributed by atoms with Gasteiger partial charge in [0.05, 0.1) is 6.04 Å². The Morgan fingerprint density at radius 1 is 1.03 bits per heavy atom. The number of likely N-dealkylation sites (tertiary alicyclic amines) is 1. The molecule has 2 aromatic rings. The third kappa shape index (κ3) is 4.75. The molecule has 2 heterocycles. The minimum Gasteiger partial charge on any atom is -0.301 e. The fourth-order valence-corrected chi connectivity index (χ4v) is 5.66. The molecule has 2 fully saturated rings.